The minimum absolute atomic E-state index is 0.0556. The number of hydrogen-bond acceptors (Lipinski definition) is 2. The number of aliphatic hydroxyl groups excluding tert-OH is 1. The third kappa shape index (κ3) is 2.45. The van der Waals surface area contributed by atoms with Crippen molar-refractivity contribution >= 4 is 15.9 Å². The van der Waals surface area contributed by atoms with Crippen LogP contribution in [-0.4, -0.2) is 15.4 Å². The lowest BCUT2D eigenvalue weighted by Gasteiger charge is -2.14. The summed E-state index contributed by atoms with van der Waals surface area (Å²) in [5.74, 6) is 0. The molecule has 6 heteroatoms. The predicted octanol–water partition coefficient (Wildman–Crippen LogP) is 2.53. The second-order valence-electron chi connectivity index (χ2n) is 2.63. The van der Waals surface area contributed by atoms with E-state index in [1.165, 1.54) is 6.20 Å². The normalized spacial score (nSPS) is 14.1. The van der Waals surface area contributed by atoms with Crippen LogP contribution in [0, 0.1) is 0 Å². The minimum atomic E-state index is -4.48. The quantitative estimate of drug-likeness (QED) is 0.838. The lowest BCUT2D eigenvalue weighted by molar-refractivity contribution is -0.139. The zero-order chi connectivity index (χ0) is 10.8. The van der Waals surface area contributed by atoms with Crippen molar-refractivity contribution in [2.24, 2.45) is 0 Å². The van der Waals surface area contributed by atoms with E-state index in [1.807, 2.05) is 0 Å². The van der Waals surface area contributed by atoms with Crippen LogP contribution in [0.2, 0.25) is 0 Å². The van der Waals surface area contributed by atoms with Crippen LogP contribution in [0.3, 0.4) is 0 Å². The van der Waals surface area contributed by atoms with Gasteiger partial charge in [0.05, 0.1) is 11.7 Å². The van der Waals surface area contributed by atoms with Crippen molar-refractivity contribution < 1.29 is 18.3 Å². The van der Waals surface area contributed by atoms with Gasteiger partial charge in [-0.25, -0.2) is 0 Å². The third-order valence-electron chi connectivity index (χ3n) is 1.67. The van der Waals surface area contributed by atoms with Crippen molar-refractivity contribution in [3.8, 4) is 0 Å². The average Bonchev–Trinajstić information content (AvgIpc) is 2.15. The fourth-order valence-electron chi connectivity index (χ4n) is 1.02. The van der Waals surface area contributed by atoms with E-state index in [0.29, 0.717) is 6.20 Å². The van der Waals surface area contributed by atoms with Gasteiger partial charge < -0.3 is 5.11 Å². The van der Waals surface area contributed by atoms with E-state index in [9.17, 15) is 18.3 Å². The van der Waals surface area contributed by atoms with Crippen LogP contribution in [0.1, 0.15) is 17.2 Å². The van der Waals surface area contributed by atoms with Crippen LogP contribution in [0.5, 0.6) is 0 Å². The van der Waals surface area contributed by atoms with Crippen LogP contribution in [0.15, 0.2) is 18.5 Å². The van der Waals surface area contributed by atoms with E-state index in [0.717, 1.165) is 6.07 Å². The van der Waals surface area contributed by atoms with Crippen LogP contribution < -0.4 is 0 Å². The predicted molar refractivity (Wildman–Crippen MR) is 48.0 cm³/mol. The highest BCUT2D eigenvalue weighted by Crippen LogP contribution is 2.34. The highest BCUT2D eigenvalue weighted by atomic mass is 79.9. The van der Waals surface area contributed by atoms with Crippen molar-refractivity contribution in [3.63, 3.8) is 0 Å². The Bertz CT molecular complexity index is 316. The standard InChI is InChI=1S/C8H7BrF3NO/c9-3-7(14)5-1-2-13-4-6(5)8(10,11)12/h1-2,4,7,14H,3H2. The van der Waals surface area contributed by atoms with Gasteiger partial charge in [-0.3, -0.25) is 4.98 Å². The summed E-state index contributed by atoms with van der Waals surface area (Å²) in [6.07, 6.45) is -3.72. The minimum Gasteiger partial charge on any atom is -0.388 e. The van der Waals surface area contributed by atoms with E-state index in [4.69, 9.17) is 0 Å². The number of rotatable bonds is 2. The highest BCUT2D eigenvalue weighted by Gasteiger charge is 2.34. The molecule has 2 nitrogen and oxygen atoms in total. The van der Waals surface area contributed by atoms with Crippen LogP contribution in [0.4, 0.5) is 13.2 Å². The molecule has 0 bridgehead atoms. The second kappa shape index (κ2) is 4.27. The summed E-state index contributed by atoms with van der Waals surface area (Å²) in [6, 6.07) is 1.16. The molecular weight excluding hydrogens is 263 g/mol. The van der Waals surface area contributed by atoms with Crippen LogP contribution in [0.25, 0.3) is 0 Å². The molecule has 0 aliphatic heterocycles. The molecule has 0 fully saturated rings. The molecule has 0 spiro atoms. The summed E-state index contributed by atoms with van der Waals surface area (Å²) in [5.41, 5.74) is -1.06. The summed E-state index contributed by atoms with van der Waals surface area (Å²) < 4.78 is 37.1. The zero-order valence-electron chi connectivity index (χ0n) is 6.92. The van der Waals surface area contributed by atoms with Crippen molar-refractivity contribution in [1.29, 1.82) is 0 Å². The first-order chi connectivity index (χ1) is 6.46. The molecule has 0 aliphatic carbocycles. The fraction of sp³-hybridized carbons (Fsp3) is 0.375. The third-order valence-corrected chi connectivity index (χ3v) is 2.28. The van der Waals surface area contributed by atoms with E-state index >= 15 is 0 Å². The van der Waals surface area contributed by atoms with E-state index in [2.05, 4.69) is 20.9 Å². The Morgan fingerprint density at radius 2 is 2.14 bits per heavy atom. The van der Waals surface area contributed by atoms with Crippen molar-refractivity contribution in [2.45, 2.75) is 12.3 Å². The van der Waals surface area contributed by atoms with Gasteiger partial charge in [-0.2, -0.15) is 13.2 Å². The Balaban J connectivity index is 3.16. The molecule has 78 valence electrons. The maximum Gasteiger partial charge on any atom is 0.418 e. The summed E-state index contributed by atoms with van der Waals surface area (Å²) in [4.78, 5) is 3.38. The number of halogens is 4. The second-order valence-corrected chi connectivity index (χ2v) is 3.28. The first-order valence-corrected chi connectivity index (χ1v) is 4.84. The molecule has 1 aromatic heterocycles. The molecule has 0 amide bonds. The molecule has 1 heterocycles. The first kappa shape index (κ1) is 11.5. The Morgan fingerprint density at radius 3 is 2.64 bits per heavy atom. The van der Waals surface area contributed by atoms with Gasteiger partial charge in [0, 0.05) is 17.7 Å². The monoisotopic (exact) mass is 269 g/mol. The number of alkyl halides is 4. The first-order valence-electron chi connectivity index (χ1n) is 3.72. The molecule has 1 N–H and O–H groups in total. The van der Waals surface area contributed by atoms with E-state index in [-0.39, 0.29) is 10.9 Å². The number of hydrogen-bond donors (Lipinski definition) is 1. The number of pyridine rings is 1. The van der Waals surface area contributed by atoms with Gasteiger partial charge in [-0.1, -0.05) is 15.9 Å². The maximum absolute atomic E-state index is 12.4. The highest BCUT2D eigenvalue weighted by molar-refractivity contribution is 9.09. The van der Waals surface area contributed by atoms with E-state index in [1.54, 1.807) is 0 Å². The van der Waals surface area contributed by atoms with Crippen LogP contribution >= 0.6 is 15.9 Å². The zero-order valence-corrected chi connectivity index (χ0v) is 8.51. The van der Waals surface area contributed by atoms with E-state index < -0.39 is 17.8 Å². The lowest BCUT2D eigenvalue weighted by atomic mass is 10.1. The Labute approximate surface area is 86.9 Å². The molecule has 14 heavy (non-hydrogen) atoms. The molecule has 1 rings (SSSR count). The summed E-state index contributed by atoms with van der Waals surface area (Å²) in [5, 5.41) is 9.35. The molecule has 1 unspecified atom stereocenters. The van der Waals surface area contributed by atoms with Crippen LogP contribution in [-0.2, 0) is 6.18 Å². The summed E-state index contributed by atoms with van der Waals surface area (Å²) >= 11 is 2.91. The molecule has 0 radical (unpaired) electrons. The molecule has 1 atom stereocenters. The average molecular weight is 270 g/mol. The van der Waals surface area contributed by atoms with Gasteiger partial charge in [-0.15, -0.1) is 0 Å². The lowest BCUT2D eigenvalue weighted by Crippen LogP contribution is -2.13. The Morgan fingerprint density at radius 1 is 1.50 bits per heavy atom. The molecule has 0 aliphatic rings. The molecule has 0 saturated carbocycles. The number of aliphatic hydroxyl groups is 1. The van der Waals surface area contributed by atoms with Crippen molar-refractivity contribution in [2.75, 3.05) is 5.33 Å². The Hall–Kier alpha value is -0.620. The molecule has 0 aromatic carbocycles. The number of aromatic nitrogens is 1. The van der Waals surface area contributed by atoms with Crippen molar-refractivity contribution in [3.05, 3.63) is 29.6 Å². The van der Waals surface area contributed by atoms with Gasteiger partial charge in [0.2, 0.25) is 0 Å². The van der Waals surface area contributed by atoms with Gasteiger partial charge in [0.25, 0.3) is 0 Å². The van der Waals surface area contributed by atoms with Gasteiger partial charge in [-0.05, 0) is 11.6 Å². The van der Waals surface area contributed by atoms with Gasteiger partial charge in [0.1, 0.15) is 0 Å². The topological polar surface area (TPSA) is 33.1 Å². The molecular formula is C8H7BrF3NO. The fourth-order valence-corrected chi connectivity index (χ4v) is 1.36. The van der Waals surface area contributed by atoms with Crippen molar-refractivity contribution in [1.82, 2.24) is 4.98 Å². The molecule has 1 aromatic rings. The maximum atomic E-state index is 12.4. The van der Waals surface area contributed by atoms with Gasteiger partial charge in [0.15, 0.2) is 0 Å². The smallest absolute Gasteiger partial charge is 0.388 e. The number of nitrogens with zero attached hydrogens (tertiary/aromatic N) is 1. The largest absolute Gasteiger partial charge is 0.418 e. The summed E-state index contributed by atoms with van der Waals surface area (Å²) in [6.45, 7) is 0. The summed E-state index contributed by atoms with van der Waals surface area (Å²) in [7, 11) is 0. The Kier molecular flexibility index (Phi) is 3.49. The SMILES string of the molecule is OC(CBr)c1ccncc1C(F)(F)F. The van der Waals surface area contributed by atoms with Gasteiger partial charge >= 0.3 is 6.18 Å². The molecule has 0 saturated heterocycles.